The number of aryl methyl sites for hydroxylation is 1. The van der Waals surface area contributed by atoms with Crippen LogP contribution in [-0.4, -0.2) is 35.0 Å². The highest BCUT2D eigenvalue weighted by Crippen LogP contribution is 2.27. The summed E-state index contributed by atoms with van der Waals surface area (Å²) in [5, 5.41) is 14.9. The first-order valence-electron chi connectivity index (χ1n) is 11.1. The molecule has 0 amide bonds. The van der Waals surface area contributed by atoms with E-state index in [9.17, 15) is 9.90 Å². The van der Waals surface area contributed by atoms with Gasteiger partial charge in [0, 0.05) is 37.5 Å². The Balaban J connectivity index is 1.72. The third kappa shape index (κ3) is 5.32. The molecule has 3 aromatic carbocycles. The summed E-state index contributed by atoms with van der Waals surface area (Å²) in [5.74, 6) is -1.47. The minimum absolute atomic E-state index is 0.369. The molecule has 1 unspecified atom stereocenters. The molecule has 1 heterocycles. The Morgan fingerprint density at radius 2 is 1.70 bits per heavy atom. The maximum absolute atomic E-state index is 12.2. The highest BCUT2D eigenvalue weighted by molar-refractivity contribution is 5.76. The molecular weight excluding hydrogens is 410 g/mol. The van der Waals surface area contributed by atoms with Gasteiger partial charge >= 0.3 is 5.97 Å². The molecule has 0 spiro atoms. The Bertz CT molecular complexity index is 1230. The summed E-state index contributed by atoms with van der Waals surface area (Å²) in [7, 11) is 4.03. The zero-order valence-corrected chi connectivity index (χ0v) is 19.3. The number of aromatic nitrogens is 2. The van der Waals surface area contributed by atoms with E-state index in [1.165, 1.54) is 0 Å². The van der Waals surface area contributed by atoms with Gasteiger partial charge in [0.2, 0.25) is 0 Å². The van der Waals surface area contributed by atoms with Crippen LogP contribution in [0.3, 0.4) is 0 Å². The van der Waals surface area contributed by atoms with Crippen LogP contribution in [0, 0.1) is 6.92 Å². The zero-order chi connectivity index (χ0) is 23.4. The van der Waals surface area contributed by atoms with E-state index in [0.29, 0.717) is 13.0 Å². The number of carboxylic acids is 1. The number of hydrogen-bond donors (Lipinski definition) is 1. The first-order chi connectivity index (χ1) is 15.9. The SMILES string of the molecule is Cc1cccc(C(Cc2cc(-c3ccc(N(C)C)cc3)nn2Cc2ccccc2)C(=O)O)c1. The zero-order valence-electron chi connectivity index (χ0n) is 19.3. The van der Waals surface area contributed by atoms with Crippen LogP contribution in [0.25, 0.3) is 11.3 Å². The van der Waals surface area contributed by atoms with Gasteiger partial charge in [-0.1, -0.05) is 72.3 Å². The number of aliphatic carboxylic acids is 1. The van der Waals surface area contributed by atoms with Crippen molar-refractivity contribution in [3.8, 4) is 11.3 Å². The molecule has 0 bridgehead atoms. The quantitative estimate of drug-likeness (QED) is 0.400. The van der Waals surface area contributed by atoms with Crippen molar-refractivity contribution in [2.75, 3.05) is 19.0 Å². The van der Waals surface area contributed by atoms with Crippen molar-refractivity contribution in [3.63, 3.8) is 0 Å². The number of hydrogen-bond acceptors (Lipinski definition) is 3. The molecule has 1 aromatic heterocycles. The average Bonchev–Trinajstić information content (AvgIpc) is 3.20. The van der Waals surface area contributed by atoms with Gasteiger partial charge in [0.25, 0.3) is 0 Å². The number of nitrogens with zero attached hydrogens (tertiary/aromatic N) is 3. The van der Waals surface area contributed by atoms with E-state index < -0.39 is 11.9 Å². The van der Waals surface area contributed by atoms with E-state index in [2.05, 4.69) is 41.3 Å². The minimum atomic E-state index is -0.829. The molecule has 0 aliphatic heterocycles. The van der Waals surface area contributed by atoms with Gasteiger partial charge in [-0.2, -0.15) is 5.10 Å². The van der Waals surface area contributed by atoms with Crippen LogP contribution in [0.2, 0.25) is 0 Å². The Morgan fingerprint density at radius 1 is 0.970 bits per heavy atom. The monoisotopic (exact) mass is 439 g/mol. The van der Waals surface area contributed by atoms with E-state index in [1.807, 2.05) is 74.2 Å². The van der Waals surface area contributed by atoms with E-state index in [0.717, 1.165) is 39.3 Å². The molecule has 5 nitrogen and oxygen atoms in total. The topological polar surface area (TPSA) is 58.4 Å². The second kappa shape index (κ2) is 9.74. The number of benzene rings is 3. The van der Waals surface area contributed by atoms with Crippen LogP contribution in [0.5, 0.6) is 0 Å². The standard InChI is InChI=1S/C28H29N3O2/c1-20-8-7-11-23(16-20)26(28(32)33)17-25-18-27(22-12-14-24(15-13-22)30(2)3)29-31(25)19-21-9-5-4-6-10-21/h4-16,18,26H,17,19H2,1-3H3,(H,32,33). The molecule has 0 fully saturated rings. The lowest BCUT2D eigenvalue weighted by Crippen LogP contribution is -2.17. The molecule has 5 heteroatoms. The van der Waals surface area contributed by atoms with Crippen molar-refractivity contribution in [1.29, 1.82) is 0 Å². The lowest BCUT2D eigenvalue weighted by molar-refractivity contribution is -0.138. The molecule has 168 valence electrons. The summed E-state index contributed by atoms with van der Waals surface area (Å²) in [4.78, 5) is 14.3. The van der Waals surface area contributed by atoms with Gasteiger partial charge in [-0.25, -0.2) is 0 Å². The van der Waals surface area contributed by atoms with Crippen LogP contribution >= 0.6 is 0 Å². The fourth-order valence-electron chi connectivity index (χ4n) is 4.03. The molecule has 0 radical (unpaired) electrons. The minimum Gasteiger partial charge on any atom is -0.481 e. The van der Waals surface area contributed by atoms with E-state index in [-0.39, 0.29) is 0 Å². The molecule has 33 heavy (non-hydrogen) atoms. The van der Waals surface area contributed by atoms with E-state index >= 15 is 0 Å². The van der Waals surface area contributed by atoms with Crippen molar-refractivity contribution >= 4 is 11.7 Å². The summed E-state index contributed by atoms with van der Waals surface area (Å²) >= 11 is 0. The molecule has 0 aliphatic carbocycles. The number of carbonyl (C=O) groups is 1. The van der Waals surface area contributed by atoms with Crippen molar-refractivity contribution in [1.82, 2.24) is 9.78 Å². The molecular formula is C28H29N3O2. The van der Waals surface area contributed by atoms with E-state index in [4.69, 9.17) is 5.10 Å². The van der Waals surface area contributed by atoms with Crippen molar-refractivity contribution in [3.05, 3.63) is 107 Å². The fourth-order valence-corrected chi connectivity index (χ4v) is 4.03. The molecule has 0 saturated carbocycles. The Kier molecular flexibility index (Phi) is 6.59. The van der Waals surface area contributed by atoms with Crippen molar-refractivity contribution < 1.29 is 9.90 Å². The Morgan fingerprint density at radius 3 is 2.33 bits per heavy atom. The van der Waals surface area contributed by atoms with Gasteiger partial charge in [-0.05, 0) is 36.2 Å². The van der Waals surface area contributed by atoms with Crippen molar-refractivity contribution in [2.24, 2.45) is 0 Å². The number of rotatable bonds is 8. The Hall–Kier alpha value is -3.86. The normalized spacial score (nSPS) is 11.8. The van der Waals surface area contributed by atoms with Gasteiger partial charge in [-0.3, -0.25) is 9.48 Å². The van der Waals surface area contributed by atoms with Gasteiger partial charge in [0.1, 0.15) is 0 Å². The summed E-state index contributed by atoms with van der Waals surface area (Å²) < 4.78 is 1.94. The lowest BCUT2D eigenvalue weighted by Gasteiger charge is -2.15. The summed E-state index contributed by atoms with van der Waals surface area (Å²) in [5.41, 5.74) is 6.87. The molecule has 0 aliphatic rings. The number of anilines is 1. The van der Waals surface area contributed by atoms with Gasteiger partial charge in [-0.15, -0.1) is 0 Å². The van der Waals surface area contributed by atoms with Crippen LogP contribution in [0.1, 0.15) is 28.3 Å². The van der Waals surface area contributed by atoms with E-state index in [1.54, 1.807) is 0 Å². The number of carboxylic acid groups (broad SMARTS) is 1. The van der Waals surface area contributed by atoms with Crippen molar-refractivity contribution in [2.45, 2.75) is 25.8 Å². The Labute approximate surface area is 194 Å². The maximum atomic E-state index is 12.2. The largest absolute Gasteiger partial charge is 0.481 e. The van der Waals surface area contributed by atoms with Gasteiger partial charge in [0.15, 0.2) is 0 Å². The summed E-state index contributed by atoms with van der Waals surface area (Å²) in [6, 6.07) is 28.2. The average molecular weight is 440 g/mol. The molecule has 4 aromatic rings. The predicted molar refractivity (Wildman–Crippen MR) is 133 cm³/mol. The molecule has 0 saturated heterocycles. The first-order valence-corrected chi connectivity index (χ1v) is 11.1. The molecule has 1 atom stereocenters. The lowest BCUT2D eigenvalue weighted by atomic mass is 9.93. The van der Waals surface area contributed by atoms with Gasteiger partial charge < -0.3 is 10.0 Å². The highest BCUT2D eigenvalue weighted by atomic mass is 16.4. The van der Waals surface area contributed by atoms with Crippen LogP contribution in [0.4, 0.5) is 5.69 Å². The highest BCUT2D eigenvalue weighted by Gasteiger charge is 2.23. The maximum Gasteiger partial charge on any atom is 0.311 e. The van der Waals surface area contributed by atoms with Gasteiger partial charge in [0.05, 0.1) is 18.2 Å². The third-order valence-corrected chi connectivity index (χ3v) is 5.87. The summed E-state index contributed by atoms with van der Waals surface area (Å²) in [6.45, 7) is 2.57. The fraction of sp³-hybridized carbons (Fsp3) is 0.214. The first kappa shape index (κ1) is 22.3. The van der Waals surface area contributed by atoms with Crippen LogP contribution in [0.15, 0.2) is 84.9 Å². The predicted octanol–water partition coefficient (Wildman–Crippen LogP) is 5.38. The van der Waals surface area contributed by atoms with Crippen LogP contribution < -0.4 is 4.90 Å². The third-order valence-electron chi connectivity index (χ3n) is 5.87. The summed E-state index contributed by atoms with van der Waals surface area (Å²) in [6.07, 6.45) is 0.369. The molecule has 4 rings (SSSR count). The molecule has 1 N–H and O–H groups in total. The second-order valence-corrected chi connectivity index (χ2v) is 8.61. The van der Waals surface area contributed by atoms with Crippen LogP contribution in [-0.2, 0) is 17.8 Å². The second-order valence-electron chi connectivity index (χ2n) is 8.61. The smallest absolute Gasteiger partial charge is 0.311 e.